The van der Waals surface area contributed by atoms with Gasteiger partial charge in [0.2, 0.25) is 0 Å². The van der Waals surface area contributed by atoms with Gasteiger partial charge in [-0.3, -0.25) is 0 Å². The molecular weight excluding hydrogens is 280 g/mol. The Balaban J connectivity index is 2.18. The fourth-order valence-electron chi connectivity index (χ4n) is 2.11. The summed E-state index contributed by atoms with van der Waals surface area (Å²) in [5.74, 6) is 3.28. The van der Waals surface area contributed by atoms with Crippen LogP contribution >= 0.6 is 11.8 Å². The second-order valence-electron chi connectivity index (χ2n) is 6.42. The smallest absolute Gasteiger partial charge is 0.152 e. The van der Waals surface area contributed by atoms with E-state index < -0.39 is 0 Å². The maximum atomic E-state index is 4.66. The Hall–Kier alpha value is -1.23. The zero-order chi connectivity index (χ0) is 15.5. The predicted octanol–water partition coefficient (Wildman–Crippen LogP) is 3.97. The lowest BCUT2D eigenvalue weighted by atomic mass is 9.92. The molecule has 1 N–H and O–H groups in total. The van der Waals surface area contributed by atoms with Crippen molar-refractivity contribution in [2.24, 2.45) is 0 Å². The Morgan fingerprint density at radius 3 is 2.81 bits per heavy atom. The number of anilines is 1. The van der Waals surface area contributed by atoms with Crippen LogP contribution in [0.1, 0.15) is 46.7 Å². The van der Waals surface area contributed by atoms with Gasteiger partial charge >= 0.3 is 0 Å². The van der Waals surface area contributed by atoms with Crippen LogP contribution in [0.25, 0.3) is 5.52 Å². The van der Waals surface area contributed by atoms with Crippen LogP contribution in [0.5, 0.6) is 0 Å². The number of nitrogens with zero attached hydrogens (tertiary/aromatic N) is 3. The highest BCUT2D eigenvalue weighted by molar-refractivity contribution is 7.99. The van der Waals surface area contributed by atoms with E-state index in [1.54, 1.807) is 0 Å². The van der Waals surface area contributed by atoms with E-state index in [1.807, 2.05) is 28.7 Å². The molecule has 116 valence electrons. The number of nitrogens with one attached hydrogen (secondary N) is 1. The molecule has 0 saturated heterocycles. The average Bonchev–Trinajstić information content (AvgIpc) is 2.84. The van der Waals surface area contributed by atoms with Crippen LogP contribution in [-0.2, 0) is 5.41 Å². The van der Waals surface area contributed by atoms with Crippen molar-refractivity contribution in [3.63, 3.8) is 0 Å². The molecular formula is C16H26N4S. The molecule has 0 aliphatic heterocycles. The molecule has 0 saturated carbocycles. The second-order valence-corrected chi connectivity index (χ2v) is 7.81. The highest BCUT2D eigenvalue weighted by atomic mass is 32.2. The normalized spacial score (nSPS) is 13.6. The Morgan fingerprint density at radius 2 is 2.14 bits per heavy atom. The number of rotatable bonds is 6. The first-order valence-corrected chi connectivity index (χ1v) is 8.76. The van der Waals surface area contributed by atoms with Crippen molar-refractivity contribution in [3.05, 3.63) is 24.2 Å². The molecule has 0 aromatic carbocycles. The first-order valence-electron chi connectivity index (χ1n) is 7.61. The largest absolute Gasteiger partial charge is 0.366 e. The molecule has 2 rings (SSSR count). The van der Waals surface area contributed by atoms with Gasteiger partial charge in [-0.15, -0.1) is 0 Å². The van der Waals surface area contributed by atoms with Gasteiger partial charge in [-0.1, -0.05) is 27.7 Å². The summed E-state index contributed by atoms with van der Waals surface area (Å²) in [6.45, 7) is 11.0. The zero-order valence-corrected chi connectivity index (χ0v) is 14.5. The molecule has 0 radical (unpaired) electrons. The van der Waals surface area contributed by atoms with Crippen molar-refractivity contribution in [2.75, 3.05) is 16.8 Å². The molecule has 0 amide bonds. The van der Waals surface area contributed by atoms with E-state index in [1.165, 1.54) is 11.5 Å². The second kappa shape index (κ2) is 6.69. The molecule has 0 fully saturated rings. The van der Waals surface area contributed by atoms with Crippen molar-refractivity contribution in [3.8, 4) is 0 Å². The van der Waals surface area contributed by atoms with E-state index in [0.717, 1.165) is 23.4 Å². The molecule has 4 nitrogen and oxygen atoms in total. The first kappa shape index (κ1) is 16.1. The van der Waals surface area contributed by atoms with E-state index in [0.29, 0.717) is 6.04 Å². The molecule has 0 bridgehead atoms. The number of thioether (sulfide) groups is 1. The summed E-state index contributed by atoms with van der Waals surface area (Å²) in [5.41, 5.74) is 2.19. The SMILES string of the molecule is CCSCCC(C)Nc1nccn2nc(C(C)(C)C)cc12. The van der Waals surface area contributed by atoms with Crippen molar-refractivity contribution in [2.45, 2.75) is 52.5 Å². The summed E-state index contributed by atoms with van der Waals surface area (Å²) >= 11 is 1.98. The Labute approximate surface area is 131 Å². The molecule has 1 atom stereocenters. The van der Waals surface area contributed by atoms with Gasteiger partial charge in [0.05, 0.1) is 5.69 Å². The van der Waals surface area contributed by atoms with Gasteiger partial charge in [-0.2, -0.15) is 16.9 Å². The van der Waals surface area contributed by atoms with E-state index >= 15 is 0 Å². The molecule has 0 aliphatic rings. The van der Waals surface area contributed by atoms with Crippen LogP contribution in [0.4, 0.5) is 5.82 Å². The number of aromatic nitrogens is 3. The molecule has 2 aromatic rings. The fraction of sp³-hybridized carbons (Fsp3) is 0.625. The Morgan fingerprint density at radius 1 is 1.38 bits per heavy atom. The molecule has 2 heterocycles. The lowest BCUT2D eigenvalue weighted by Gasteiger charge is -2.14. The third kappa shape index (κ3) is 4.13. The van der Waals surface area contributed by atoms with Gasteiger partial charge in [0.1, 0.15) is 5.52 Å². The van der Waals surface area contributed by atoms with Crippen LogP contribution in [0.3, 0.4) is 0 Å². The van der Waals surface area contributed by atoms with Gasteiger partial charge in [-0.05, 0) is 30.9 Å². The minimum absolute atomic E-state index is 0.0483. The van der Waals surface area contributed by atoms with E-state index in [2.05, 4.69) is 56.1 Å². The lowest BCUT2D eigenvalue weighted by Crippen LogP contribution is -2.17. The molecule has 1 unspecified atom stereocenters. The summed E-state index contributed by atoms with van der Waals surface area (Å²) in [4.78, 5) is 4.49. The van der Waals surface area contributed by atoms with Crippen LogP contribution in [0.15, 0.2) is 18.5 Å². The summed E-state index contributed by atoms with van der Waals surface area (Å²) in [6.07, 6.45) is 4.86. The first-order chi connectivity index (χ1) is 9.91. The third-order valence-electron chi connectivity index (χ3n) is 3.44. The van der Waals surface area contributed by atoms with Crippen LogP contribution < -0.4 is 5.32 Å². The predicted molar refractivity (Wildman–Crippen MR) is 92.4 cm³/mol. The minimum atomic E-state index is 0.0483. The van der Waals surface area contributed by atoms with Crippen molar-refractivity contribution >= 4 is 23.1 Å². The highest BCUT2D eigenvalue weighted by Crippen LogP contribution is 2.25. The van der Waals surface area contributed by atoms with E-state index in [4.69, 9.17) is 0 Å². The van der Waals surface area contributed by atoms with Gasteiger partial charge < -0.3 is 5.32 Å². The average molecular weight is 306 g/mol. The molecule has 21 heavy (non-hydrogen) atoms. The molecule has 5 heteroatoms. The van der Waals surface area contributed by atoms with Gasteiger partial charge in [-0.25, -0.2) is 9.50 Å². The van der Waals surface area contributed by atoms with Crippen molar-refractivity contribution < 1.29 is 0 Å². The lowest BCUT2D eigenvalue weighted by molar-refractivity contribution is 0.562. The quantitative estimate of drug-likeness (QED) is 0.820. The fourth-order valence-corrected chi connectivity index (χ4v) is 2.92. The van der Waals surface area contributed by atoms with E-state index in [-0.39, 0.29) is 5.41 Å². The summed E-state index contributed by atoms with van der Waals surface area (Å²) < 4.78 is 1.92. The van der Waals surface area contributed by atoms with Crippen LogP contribution in [-0.4, -0.2) is 32.1 Å². The van der Waals surface area contributed by atoms with Crippen LogP contribution in [0, 0.1) is 0 Å². The summed E-state index contributed by atoms with van der Waals surface area (Å²) in [5, 5.41) is 8.18. The summed E-state index contributed by atoms with van der Waals surface area (Å²) in [7, 11) is 0. The monoisotopic (exact) mass is 306 g/mol. The number of hydrogen-bond acceptors (Lipinski definition) is 4. The highest BCUT2D eigenvalue weighted by Gasteiger charge is 2.19. The minimum Gasteiger partial charge on any atom is -0.366 e. The zero-order valence-electron chi connectivity index (χ0n) is 13.7. The number of hydrogen-bond donors (Lipinski definition) is 1. The van der Waals surface area contributed by atoms with Gasteiger partial charge in [0.15, 0.2) is 5.82 Å². The maximum Gasteiger partial charge on any atom is 0.152 e. The van der Waals surface area contributed by atoms with Gasteiger partial charge in [0.25, 0.3) is 0 Å². The Bertz CT molecular complexity index is 585. The van der Waals surface area contributed by atoms with Crippen molar-refractivity contribution in [1.29, 1.82) is 0 Å². The molecule has 2 aromatic heterocycles. The third-order valence-corrected chi connectivity index (χ3v) is 4.37. The maximum absolute atomic E-state index is 4.66. The summed E-state index contributed by atoms with van der Waals surface area (Å²) in [6, 6.07) is 2.55. The standard InChI is InChI=1S/C16H26N4S/c1-6-21-10-7-12(2)18-15-13-11-14(16(3,4)5)19-20(13)9-8-17-15/h8-9,11-12H,6-7,10H2,1-5H3,(H,17,18). The van der Waals surface area contributed by atoms with Crippen LogP contribution in [0.2, 0.25) is 0 Å². The number of fused-ring (bicyclic) bond motifs is 1. The molecule has 0 spiro atoms. The topological polar surface area (TPSA) is 42.2 Å². The van der Waals surface area contributed by atoms with Gasteiger partial charge in [0, 0.05) is 23.9 Å². The van der Waals surface area contributed by atoms with Crippen molar-refractivity contribution in [1.82, 2.24) is 14.6 Å². The molecule has 0 aliphatic carbocycles. The Kier molecular flexibility index (Phi) is 5.14. The van der Waals surface area contributed by atoms with E-state index in [9.17, 15) is 0 Å².